The third kappa shape index (κ3) is 10.1. The Morgan fingerprint density at radius 2 is 2.25 bits per heavy atom. The highest BCUT2D eigenvalue weighted by Gasteiger charge is 2.15. The number of hydrogen-bond acceptors (Lipinski definition) is 5. The molecule has 1 amide bonds. The second-order valence-electron chi connectivity index (χ2n) is 6.41. The second kappa shape index (κ2) is 14.4. The molecule has 4 N–H and O–H groups in total. The summed E-state index contributed by atoms with van der Waals surface area (Å²) in [5.74, 6) is 1.39. The molecule has 0 spiro atoms. The van der Waals surface area contributed by atoms with Gasteiger partial charge in [-0.1, -0.05) is 12.1 Å². The SMILES string of the molecule is CN=C(NCCCOCC1CCOC1)NCc1cccc(OCC(N)=O)c1.I. The Kier molecular flexibility index (Phi) is 12.6. The normalized spacial score (nSPS) is 16.3. The summed E-state index contributed by atoms with van der Waals surface area (Å²) in [6, 6.07) is 7.50. The topological polar surface area (TPSA) is 107 Å². The van der Waals surface area contributed by atoms with E-state index in [1.165, 1.54) is 0 Å². The Morgan fingerprint density at radius 3 is 2.96 bits per heavy atom. The van der Waals surface area contributed by atoms with E-state index in [1.54, 1.807) is 13.1 Å². The van der Waals surface area contributed by atoms with Crippen molar-refractivity contribution in [2.24, 2.45) is 16.6 Å². The lowest BCUT2D eigenvalue weighted by Gasteiger charge is -2.13. The predicted molar refractivity (Wildman–Crippen MR) is 119 cm³/mol. The van der Waals surface area contributed by atoms with Crippen molar-refractivity contribution in [3.63, 3.8) is 0 Å². The van der Waals surface area contributed by atoms with Crippen LogP contribution in [0, 0.1) is 5.92 Å². The molecule has 0 bridgehead atoms. The van der Waals surface area contributed by atoms with E-state index < -0.39 is 5.91 Å². The van der Waals surface area contributed by atoms with Gasteiger partial charge in [0.05, 0.1) is 13.2 Å². The van der Waals surface area contributed by atoms with Crippen LogP contribution >= 0.6 is 24.0 Å². The van der Waals surface area contributed by atoms with Crippen LogP contribution in [0.25, 0.3) is 0 Å². The fourth-order valence-corrected chi connectivity index (χ4v) is 2.65. The molecule has 9 heteroatoms. The molecule has 1 fully saturated rings. The quantitative estimate of drug-likeness (QED) is 0.181. The fraction of sp³-hybridized carbons (Fsp3) is 0.579. The smallest absolute Gasteiger partial charge is 0.255 e. The van der Waals surface area contributed by atoms with Crippen molar-refractivity contribution in [3.8, 4) is 5.75 Å². The number of nitrogens with two attached hydrogens (primary N) is 1. The molecule has 0 aliphatic carbocycles. The molecule has 1 aliphatic rings. The van der Waals surface area contributed by atoms with E-state index in [-0.39, 0.29) is 30.6 Å². The van der Waals surface area contributed by atoms with E-state index in [2.05, 4.69) is 15.6 Å². The third-order valence-corrected chi connectivity index (χ3v) is 4.10. The van der Waals surface area contributed by atoms with Crippen molar-refractivity contribution in [2.45, 2.75) is 19.4 Å². The Bertz CT molecular complexity index is 609. The van der Waals surface area contributed by atoms with Crippen molar-refractivity contribution in [3.05, 3.63) is 29.8 Å². The summed E-state index contributed by atoms with van der Waals surface area (Å²) in [6.45, 7) is 4.42. The number of nitrogens with one attached hydrogen (secondary N) is 2. The number of carbonyl (C=O) groups is 1. The van der Waals surface area contributed by atoms with Crippen molar-refractivity contribution < 1.29 is 19.0 Å². The summed E-state index contributed by atoms with van der Waals surface area (Å²) in [5, 5.41) is 6.51. The Hall–Kier alpha value is -1.59. The minimum absolute atomic E-state index is 0. The lowest BCUT2D eigenvalue weighted by Crippen LogP contribution is -2.37. The molecule has 158 valence electrons. The van der Waals surface area contributed by atoms with Gasteiger partial charge in [0.25, 0.3) is 5.91 Å². The largest absolute Gasteiger partial charge is 0.484 e. The zero-order valence-corrected chi connectivity index (χ0v) is 18.6. The Balaban J connectivity index is 0.00000392. The molecule has 2 rings (SSSR count). The molecule has 0 aromatic heterocycles. The highest BCUT2D eigenvalue weighted by atomic mass is 127. The monoisotopic (exact) mass is 506 g/mol. The van der Waals surface area contributed by atoms with Gasteiger partial charge in [-0.05, 0) is 30.5 Å². The average molecular weight is 506 g/mol. The summed E-state index contributed by atoms with van der Waals surface area (Å²) in [4.78, 5) is 15.0. The number of guanidine groups is 1. The first-order valence-electron chi connectivity index (χ1n) is 9.27. The van der Waals surface area contributed by atoms with E-state index in [0.717, 1.165) is 57.3 Å². The molecule has 1 unspecified atom stereocenters. The first-order chi connectivity index (χ1) is 13.2. The van der Waals surface area contributed by atoms with Gasteiger partial charge in [-0.2, -0.15) is 0 Å². The molecule has 8 nitrogen and oxygen atoms in total. The first kappa shape index (κ1) is 24.4. The van der Waals surface area contributed by atoms with Crippen LogP contribution in [0.15, 0.2) is 29.3 Å². The number of amides is 1. The van der Waals surface area contributed by atoms with Crippen LogP contribution in [0.5, 0.6) is 5.75 Å². The molecule has 0 saturated carbocycles. The van der Waals surface area contributed by atoms with Crippen LogP contribution in [0.1, 0.15) is 18.4 Å². The molecule has 1 aliphatic heterocycles. The molecular weight excluding hydrogens is 475 g/mol. The maximum absolute atomic E-state index is 10.8. The van der Waals surface area contributed by atoms with Crippen LogP contribution in [0.2, 0.25) is 0 Å². The maximum Gasteiger partial charge on any atom is 0.255 e. The number of rotatable bonds is 11. The Morgan fingerprint density at radius 1 is 1.39 bits per heavy atom. The van der Waals surface area contributed by atoms with Gasteiger partial charge in [-0.25, -0.2) is 0 Å². The molecule has 28 heavy (non-hydrogen) atoms. The van der Waals surface area contributed by atoms with Gasteiger partial charge in [0.1, 0.15) is 5.75 Å². The summed E-state index contributed by atoms with van der Waals surface area (Å²) >= 11 is 0. The second-order valence-corrected chi connectivity index (χ2v) is 6.41. The summed E-state index contributed by atoms with van der Waals surface area (Å²) < 4.78 is 16.3. The third-order valence-electron chi connectivity index (χ3n) is 4.10. The fourth-order valence-electron chi connectivity index (χ4n) is 2.65. The van der Waals surface area contributed by atoms with E-state index in [4.69, 9.17) is 19.9 Å². The first-order valence-corrected chi connectivity index (χ1v) is 9.27. The van der Waals surface area contributed by atoms with E-state index in [0.29, 0.717) is 18.2 Å². The summed E-state index contributed by atoms with van der Waals surface area (Å²) in [5.41, 5.74) is 6.10. The van der Waals surface area contributed by atoms with Crippen LogP contribution in [0.3, 0.4) is 0 Å². The van der Waals surface area contributed by atoms with Crippen molar-refractivity contribution in [1.29, 1.82) is 0 Å². The number of benzene rings is 1. The van der Waals surface area contributed by atoms with Gasteiger partial charge in [0.15, 0.2) is 12.6 Å². The lowest BCUT2D eigenvalue weighted by molar-refractivity contribution is -0.119. The van der Waals surface area contributed by atoms with Gasteiger partial charge in [-0.15, -0.1) is 24.0 Å². The van der Waals surface area contributed by atoms with Gasteiger partial charge in [0.2, 0.25) is 0 Å². The van der Waals surface area contributed by atoms with Crippen molar-refractivity contribution in [2.75, 3.05) is 46.6 Å². The molecular formula is C19H31IN4O4. The minimum atomic E-state index is -0.497. The zero-order valence-electron chi connectivity index (χ0n) is 16.3. The van der Waals surface area contributed by atoms with Gasteiger partial charge in [0, 0.05) is 39.3 Å². The average Bonchev–Trinajstić information content (AvgIpc) is 3.19. The molecule has 1 saturated heterocycles. The molecule has 0 radical (unpaired) electrons. The zero-order chi connectivity index (χ0) is 19.3. The van der Waals surface area contributed by atoms with Gasteiger partial charge >= 0.3 is 0 Å². The van der Waals surface area contributed by atoms with Crippen LogP contribution in [-0.2, 0) is 20.8 Å². The number of aliphatic imine (C=N–C) groups is 1. The molecule has 1 aromatic rings. The van der Waals surface area contributed by atoms with Gasteiger partial charge < -0.3 is 30.6 Å². The van der Waals surface area contributed by atoms with E-state index in [9.17, 15) is 4.79 Å². The number of hydrogen-bond donors (Lipinski definition) is 3. The van der Waals surface area contributed by atoms with Crippen LogP contribution in [0.4, 0.5) is 0 Å². The molecule has 1 aromatic carbocycles. The number of ether oxygens (including phenoxy) is 3. The standard InChI is InChI=1S/C19H30N4O4.HI/c1-21-19(22-7-3-8-25-12-16-6-9-26-13-16)23-11-15-4-2-5-17(10-15)27-14-18(20)24;/h2,4-5,10,16H,3,6-9,11-14H2,1H3,(H2,20,24)(H2,21,22,23);1H. The highest BCUT2D eigenvalue weighted by Crippen LogP contribution is 2.13. The number of primary amides is 1. The van der Waals surface area contributed by atoms with Crippen LogP contribution in [-0.4, -0.2) is 58.5 Å². The highest BCUT2D eigenvalue weighted by molar-refractivity contribution is 14.0. The lowest BCUT2D eigenvalue weighted by atomic mass is 10.1. The van der Waals surface area contributed by atoms with Crippen molar-refractivity contribution >= 4 is 35.8 Å². The Labute approximate surface area is 183 Å². The summed E-state index contributed by atoms with van der Waals surface area (Å²) in [7, 11) is 1.73. The minimum Gasteiger partial charge on any atom is -0.484 e. The maximum atomic E-state index is 10.8. The number of carbonyl (C=O) groups excluding carboxylic acids is 1. The molecule has 1 atom stereocenters. The van der Waals surface area contributed by atoms with Crippen LogP contribution < -0.4 is 21.1 Å². The van der Waals surface area contributed by atoms with Crippen molar-refractivity contribution in [1.82, 2.24) is 10.6 Å². The van der Waals surface area contributed by atoms with E-state index >= 15 is 0 Å². The molecule has 1 heterocycles. The number of halogens is 1. The van der Waals surface area contributed by atoms with E-state index in [1.807, 2.05) is 18.2 Å². The summed E-state index contributed by atoms with van der Waals surface area (Å²) in [6.07, 6.45) is 2.01. The number of nitrogens with zero attached hydrogens (tertiary/aromatic N) is 1. The van der Waals surface area contributed by atoms with Gasteiger partial charge in [-0.3, -0.25) is 9.79 Å². The predicted octanol–water partition coefficient (Wildman–Crippen LogP) is 1.28.